The largest absolute Gasteiger partial charge is 0.481 e. The number of aromatic nitrogens is 2. The van der Waals surface area contributed by atoms with Crippen LogP contribution < -0.4 is 0 Å². The molecule has 1 aromatic heterocycles. The van der Waals surface area contributed by atoms with E-state index in [-0.39, 0.29) is 11.8 Å². The number of hydrogen-bond donors (Lipinski definition) is 1. The Hall–Kier alpha value is -2.14. The summed E-state index contributed by atoms with van der Waals surface area (Å²) in [6.07, 6.45) is 1.96. The summed E-state index contributed by atoms with van der Waals surface area (Å²) in [5, 5.41) is 13.9. The molecule has 2 heterocycles. The second-order valence-electron chi connectivity index (χ2n) is 6.07. The van der Waals surface area contributed by atoms with Gasteiger partial charge in [-0.25, -0.2) is 0 Å². The molecule has 0 spiro atoms. The first-order valence-electron chi connectivity index (χ1n) is 7.54. The van der Waals surface area contributed by atoms with E-state index in [1.165, 1.54) is 5.56 Å². The van der Waals surface area contributed by atoms with E-state index >= 15 is 0 Å². The lowest BCUT2D eigenvalue weighted by Crippen LogP contribution is -2.23. The fourth-order valence-corrected chi connectivity index (χ4v) is 3.40. The summed E-state index contributed by atoms with van der Waals surface area (Å²) < 4.78 is 1.77. The van der Waals surface area contributed by atoms with Crippen molar-refractivity contribution in [2.24, 2.45) is 13.0 Å². The van der Waals surface area contributed by atoms with Gasteiger partial charge in [-0.15, -0.1) is 0 Å². The minimum atomic E-state index is -0.719. The molecule has 1 aliphatic rings. The average Bonchev–Trinajstić information content (AvgIpc) is 3.03. The SMILES string of the molecule is Cc1nn(C)cc1C1CN(Cc2ccccc2)CC1C(=O)O. The standard InChI is InChI=1S/C17H21N3O2/c1-12-14(9-19(2)18-12)15-10-20(11-16(15)17(21)22)8-13-6-4-3-5-7-13/h3-7,9,15-16H,8,10-11H2,1-2H3,(H,21,22). The third-order valence-corrected chi connectivity index (χ3v) is 4.41. The van der Waals surface area contributed by atoms with Crippen molar-refractivity contribution in [1.82, 2.24) is 14.7 Å². The summed E-state index contributed by atoms with van der Waals surface area (Å²) in [4.78, 5) is 13.9. The van der Waals surface area contributed by atoms with Crippen molar-refractivity contribution in [2.75, 3.05) is 13.1 Å². The fraction of sp³-hybridized carbons (Fsp3) is 0.412. The first-order valence-corrected chi connectivity index (χ1v) is 7.54. The van der Waals surface area contributed by atoms with Gasteiger partial charge in [0.25, 0.3) is 0 Å². The molecule has 2 aromatic rings. The van der Waals surface area contributed by atoms with Crippen LogP contribution in [0.4, 0.5) is 0 Å². The monoisotopic (exact) mass is 299 g/mol. The Labute approximate surface area is 130 Å². The molecule has 1 N–H and O–H groups in total. The van der Waals surface area contributed by atoms with Crippen LogP contribution in [0.15, 0.2) is 36.5 Å². The lowest BCUT2D eigenvalue weighted by molar-refractivity contribution is -0.141. The highest BCUT2D eigenvalue weighted by molar-refractivity contribution is 5.72. The van der Waals surface area contributed by atoms with Crippen molar-refractivity contribution in [3.05, 3.63) is 53.3 Å². The molecule has 2 unspecified atom stereocenters. The number of hydrogen-bond acceptors (Lipinski definition) is 3. The van der Waals surface area contributed by atoms with Crippen molar-refractivity contribution < 1.29 is 9.90 Å². The molecule has 22 heavy (non-hydrogen) atoms. The highest BCUT2D eigenvalue weighted by Gasteiger charge is 2.39. The lowest BCUT2D eigenvalue weighted by Gasteiger charge is -2.15. The first-order chi connectivity index (χ1) is 10.5. The summed E-state index contributed by atoms with van der Waals surface area (Å²) in [5.74, 6) is -1.08. The van der Waals surface area contributed by atoms with Crippen LogP contribution >= 0.6 is 0 Å². The lowest BCUT2D eigenvalue weighted by atomic mass is 9.89. The summed E-state index contributed by atoms with van der Waals surface area (Å²) in [7, 11) is 1.88. The zero-order valence-electron chi connectivity index (χ0n) is 12.9. The molecule has 1 aromatic carbocycles. The summed E-state index contributed by atoms with van der Waals surface area (Å²) in [6, 6.07) is 10.2. The number of aryl methyl sites for hydroxylation is 2. The fourth-order valence-electron chi connectivity index (χ4n) is 3.40. The van der Waals surface area contributed by atoms with E-state index in [0.29, 0.717) is 6.54 Å². The van der Waals surface area contributed by atoms with Crippen LogP contribution in [0, 0.1) is 12.8 Å². The van der Waals surface area contributed by atoms with Gasteiger partial charge in [0.15, 0.2) is 0 Å². The van der Waals surface area contributed by atoms with Gasteiger partial charge in [-0.1, -0.05) is 30.3 Å². The molecule has 0 bridgehead atoms. The number of carbonyl (C=O) groups is 1. The van der Waals surface area contributed by atoms with Gasteiger partial charge in [-0.05, 0) is 18.1 Å². The Balaban J connectivity index is 1.81. The molecule has 0 aliphatic carbocycles. The molecule has 0 radical (unpaired) electrons. The van der Waals surface area contributed by atoms with Crippen molar-refractivity contribution in [3.8, 4) is 0 Å². The number of likely N-dealkylation sites (tertiary alicyclic amines) is 1. The second-order valence-corrected chi connectivity index (χ2v) is 6.07. The van der Waals surface area contributed by atoms with E-state index < -0.39 is 5.97 Å². The molecule has 2 atom stereocenters. The van der Waals surface area contributed by atoms with Crippen LogP contribution in [0.3, 0.4) is 0 Å². The van der Waals surface area contributed by atoms with E-state index in [0.717, 1.165) is 24.3 Å². The highest BCUT2D eigenvalue weighted by atomic mass is 16.4. The number of aliphatic carboxylic acids is 1. The van der Waals surface area contributed by atoms with Crippen LogP contribution in [0.1, 0.15) is 22.7 Å². The Kier molecular flexibility index (Phi) is 3.98. The number of rotatable bonds is 4. The molecule has 5 nitrogen and oxygen atoms in total. The summed E-state index contributed by atoms with van der Waals surface area (Å²) in [5.41, 5.74) is 3.21. The van der Waals surface area contributed by atoms with Gasteiger partial charge in [0.1, 0.15) is 0 Å². The molecule has 3 rings (SSSR count). The van der Waals surface area contributed by atoms with Gasteiger partial charge in [-0.2, -0.15) is 5.10 Å². The minimum Gasteiger partial charge on any atom is -0.481 e. The first kappa shape index (κ1) is 14.8. The Bertz CT molecular complexity index is 666. The molecular weight excluding hydrogens is 278 g/mol. The predicted molar refractivity (Wildman–Crippen MR) is 83.5 cm³/mol. The van der Waals surface area contributed by atoms with Crippen LogP contribution in [0.2, 0.25) is 0 Å². The number of benzene rings is 1. The minimum absolute atomic E-state index is 0.00918. The predicted octanol–water partition coefficient (Wildman–Crippen LogP) is 2.03. The number of nitrogens with zero attached hydrogens (tertiary/aromatic N) is 3. The molecule has 0 saturated carbocycles. The van der Waals surface area contributed by atoms with E-state index in [2.05, 4.69) is 22.1 Å². The molecule has 0 amide bonds. The van der Waals surface area contributed by atoms with E-state index in [1.807, 2.05) is 38.4 Å². The van der Waals surface area contributed by atoms with Crippen molar-refractivity contribution in [1.29, 1.82) is 0 Å². The zero-order chi connectivity index (χ0) is 15.7. The van der Waals surface area contributed by atoms with Gasteiger partial charge < -0.3 is 5.11 Å². The maximum Gasteiger partial charge on any atom is 0.308 e. The Morgan fingerprint density at radius 3 is 2.64 bits per heavy atom. The van der Waals surface area contributed by atoms with E-state index in [1.54, 1.807) is 4.68 Å². The van der Waals surface area contributed by atoms with Crippen molar-refractivity contribution in [3.63, 3.8) is 0 Å². The van der Waals surface area contributed by atoms with Crippen molar-refractivity contribution in [2.45, 2.75) is 19.4 Å². The summed E-state index contributed by atoms with van der Waals surface area (Å²) >= 11 is 0. The zero-order valence-corrected chi connectivity index (χ0v) is 12.9. The molecule has 1 aliphatic heterocycles. The average molecular weight is 299 g/mol. The topological polar surface area (TPSA) is 58.4 Å². The van der Waals surface area contributed by atoms with Crippen LogP contribution in [-0.4, -0.2) is 38.8 Å². The quantitative estimate of drug-likeness (QED) is 0.938. The molecule has 116 valence electrons. The van der Waals surface area contributed by atoms with Gasteiger partial charge in [0.2, 0.25) is 0 Å². The normalized spacial score (nSPS) is 22.1. The molecule has 1 saturated heterocycles. The highest BCUT2D eigenvalue weighted by Crippen LogP contribution is 2.34. The van der Waals surface area contributed by atoms with E-state index in [9.17, 15) is 9.90 Å². The van der Waals surface area contributed by atoms with E-state index in [4.69, 9.17) is 0 Å². The number of carboxylic acid groups (broad SMARTS) is 1. The maximum absolute atomic E-state index is 11.6. The molecule has 5 heteroatoms. The third-order valence-electron chi connectivity index (χ3n) is 4.41. The van der Waals surface area contributed by atoms with Crippen LogP contribution in [0.25, 0.3) is 0 Å². The maximum atomic E-state index is 11.6. The Morgan fingerprint density at radius 2 is 2.05 bits per heavy atom. The third kappa shape index (κ3) is 2.90. The Morgan fingerprint density at radius 1 is 1.32 bits per heavy atom. The van der Waals surface area contributed by atoms with Gasteiger partial charge in [0.05, 0.1) is 11.6 Å². The van der Waals surface area contributed by atoms with Crippen LogP contribution in [-0.2, 0) is 18.4 Å². The number of carboxylic acids is 1. The smallest absolute Gasteiger partial charge is 0.308 e. The van der Waals surface area contributed by atoms with Gasteiger partial charge >= 0.3 is 5.97 Å². The van der Waals surface area contributed by atoms with Gasteiger partial charge in [-0.3, -0.25) is 14.4 Å². The molecule has 1 fully saturated rings. The second kappa shape index (κ2) is 5.93. The van der Waals surface area contributed by atoms with Gasteiger partial charge in [0, 0.05) is 38.8 Å². The summed E-state index contributed by atoms with van der Waals surface area (Å²) in [6.45, 7) is 4.09. The molecular formula is C17H21N3O2. The van der Waals surface area contributed by atoms with Crippen LogP contribution in [0.5, 0.6) is 0 Å². The van der Waals surface area contributed by atoms with Crippen molar-refractivity contribution >= 4 is 5.97 Å².